The molecule has 3 rings (SSSR count). The van der Waals surface area contributed by atoms with Crippen molar-refractivity contribution < 1.29 is 23.1 Å². The van der Waals surface area contributed by atoms with Gasteiger partial charge in [-0.2, -0.15) is 4.31 Å². The molecule has 2 aromatic rings. The fourth-order valence-electron chi connectivity index (χ4n) is 2.77. The highest BCUT2D eigenvalue weighted by atomic mass is 32.2. The highest BCUT2D eigenvalue weighted by Crippen LogP contribution is 2.20. The number of carbonyl (C=O) groups excluding carboxylic acids is 1. The van der Waals surface area contributed by atoms with Crippen LogP contribution in [0.2, 0.25) is 0 Å². The first-order chi connectivity index (χ1) is 12.4. The first-order valence-electron chi connectivity index (χ1n) is 8.01. The number of carbonyl (C=O) groups is 2. The Morgan fingerprint density at radius 2 is 1.58 bits per heavy atom. The maximum Gasteiger partial charge on any atom is 0.345 e. The molecule has 1 aliphatic heterocycles. The van der Waals surface area contributed by atoms with Gasteiger partial charge >= 0.3 is 5.97 Å². The molecule has 2 heterocycles. The third kappa shape index (κ3) is 4.12. The van der Waals surface area contributed by atoms with E-state index in [9.17, 15) is 18.0 Å². The Kier molecular flexibility index (Phi) is 5.40. The minimum Gasteiger partial charge on any atom is -0.477 e. The highest BCUT2D eigenvalue weighted by Gasteiger charge is 2.30. The van der Waals surface area contributed by atoms with Crippen LogP contribution in [0.25, 0.3) is 0 Å². The van der Waals surface area contributed by atoms with Crippen LogP contribution < -0.4 is 0 Å². The van der Waals surface area contributed by atoms with E-state index >= 15 is 0 Å². The van der Waals surface area contributed by atoms with E-state index in [1.807, 2.05) is 6.07 Å². The summed E-state index contributed by atoms with van der Waals surface area (Å²) in [6.45, 7) is 1.04. The van der Waals surface area contributed by atoms with Gasteiger partial charge in [-0.25, -0.2) is 13.2 Å². The van der Waals surface area contributed by atoms with Gasteiger partial charge in [0.15, 0.2) is 0 Å². The summed E-state index contributed by atoms with van der Waals surface area (Å²) in [5, 5.41) is 8.95. The number of hydrogen-bond acceptors (Lipinski definition) is 5. The predicted molar refractivity (Wildman–Crippen MR) is 97.8 cm³/mol. The quantitative estimate of drug-likeness (QED) is 0.833. The lowest BCUT2D eigenvalue weighted by atomic mass is 10.2. The van der Waals surface area contributed by atoms with Gasteiger partial charge in [-0.15, -0.1) is 11.3 Å². The zero-order valence-electron chi connectivity index (χ0n) is 13.9. The second-order valence-electron chi connectivity index (χ2n) is 5.90. The molecule has 1 aromatic carbocycles. The van der Waals surface area contributed by atoms with Crippen molar-refractivity contribution in [3.05, 3.63) is 57.8 Å². The van der Waals surface area contributed by atoms with Crippen LogP contribution >= 0.6 is 11.3 Å². The Hall–Kier alpha value is -2.23. The summed E-state index contributed by atoms with van der Waals surface area (Å²) >= 11 is 0.928. The van der Waals surface area contributed by atoms with Crippen LogP contribution in [0.3, 0.4) is 0 Å². The Balaban J connectivity index is 1.61. The molecule has 0 spiro atoms. The zero-order valence-corrected chi connectivity index (χ0v) is 15.5. The van der Waals surface area contributed by atoms with Gasteiger partial charge < -0.3 is 10.0 Å². The monoisotopic (exact) mass is 394 g/mol. The fourth-order valence-corrected chi connectivity index (χ4v) is 5.10. The summed E-state index contributed by atoms with van der Waals surface area (Å²) in [6, 6.07) is 11.9. The molecule has 1 fully saturated rings. The van der Waals surface area contributed by atoms with Crippen molar-refractivity contribution in [3.63, 3.8) is 0 Å². The fraction of sp³-hybridized carbons (Fsp3) is 0.294. The summed E-state index contributed by atoms with van der Waals surface area (Å²) in [5.74, 6) is -1.39. The van der Waals surface area contributed by atoms with Crippen molar-refractivity contribution in [2.24, 2.45) is 0 Å². The minimum absolute atomic E-state index is 0.0608. The normalized spacial score (nSPS) is 15.8. The predicted octanol–water partition coefficient (Wildman–Crippen LogP) is 1.73. The molecule has 0 unspecified atom stereocenters. The van der Waals surface area contributed by atoms with E-state index in [2.05, 4.69) is 0 Å². The number of rotatable bonds is 5. The number of nitrogens with zero attached hydrogens (tertiary/aromatic N) is 2. The summed E-state index contributed by atoms with van der Waals surface area (Å²) in [7, 11) is -3.44. The van der Waals surface area contributed by atoms with Gasteiger partial charge in [-0.1, -0.05) is 30.3 Å². The van der Waals surface area contributed by atoms with Crippen LogP contribution in [0, 0.1) is 0 Å². The molecule has 1 amide bonds. The Morgan fingerprint density at radius 3 is 2.15 bits per heavy atom. The number of carboxylic acid groups (broad SMARTS) is 1. The Bertz CT molecular complexity index is 900. The highest BCUT2D eigenvalue weighted by molar-refractivity contribution is 7.88. The van der Waals surface area contributed by atoms with Crippen molar-refractivity contribution in [1.29, 1.82) is 0 Å². The number of sulfonamides is 1. The summed E-state index contributed by atoms with van der Waals surface area (Å²) in [5.41, 5.74) is 0.728. The zero-order chi connectivity index (χ0) is 18.7. The lowest BCUT2D eigenvalue weighted by Gasteiger charge is -2.33. The summed E-state index contributed by atoms with van der Waals surface area (Å²) < 4.78 is 26.5. The topological polar surface area (TPSA) is 95.0 Å². The van der Waals surface area contributed by atoms with E-state index in [0.717, 1.165) is 16.9 Å². The van der Waals surface area contributed by atoms with Crippen LogP contribution in [0.4, 0.5) is 0 Å². The molecule has 1 N–H and O–H groups in total. The van der Waals surface area contributed by atoms with Gasteiger partial charge in [0.05, 0.1) is 10.6 Å². The van der Waals surface area contributed by atoms with Crippen LogP contribution in [-0.2, 0) is 15.8 Å². The SMILES string of the molecule is O=C(O)c1ccc(C(=O)N2CCN(S(=O)(=O)Cc3ccccc3)CC2)s1. The molecular weight excluding hydrogens is 376 g/mol. The minimum atomic E-state index is -3.44. The first-order valence-corrected chi connectivity index (χ1v) is 10.4. The molecule has 1 saturated heterocycles. The van der Waals surface area contributed by atoms with Gasteiger partial charge in [0.2, 0.25) is 10.0 Å². The average Bonchev–Trinajstić information content (AvgIpc) is 3.12. The number of thiophene rings is 1. The van der Waals surface area contributed by atoms with Crippen LogP contribution in [0.15, 0.2) is 42.5 Å². The number of aromatic carboxylic acids is 1. The van der Waals surface area contributed by atoms with Crippen molar-refractivity contribution >= 4 is 33.2 Å². The van der Waals surface area contributed by atoms with E-state index < -0.39 is 16.0 Å². The standard InChI is InChI=1S/C17H18N2O5S2/c20-16(14-6-7-15(25-14)17(21)22)18-8-10-19(11-9-18)26(23,24)12-13-4-2-1-3-5-13/h1-7H,8-12H2,(H,21,22). The maximum absolute atomic E-state index is 12.5. The van der Waals surface area contributed by atoms with E-state index in [-0.39, 0.29) is 42.7 Å². The largest absolute Gasteiger partial charge is 0.477 e. The molecule has 26 heavy (non-hydrogen) atoms. The number of benzene rings is 1. The van der Waals surface area contributed by atoms with E-state index in [4.69, 9.17) is 5.11 Å². The number of amides is 1. The van der Waals surface area contributed by atoms with Crippen molar-refractivity contribution in [2.75, 3.05) is 26.2 Å². The molecule has 7 nitrogen and oxygen atoms in total. The molecule has 0 radical (unpaired) electrons. The lowest BCUT2D eigenvalue weighted by Crippen LogP contribution is -2.50. The second-order valence-corrected chi connectivity index (χ2v) is 8.95. The van der Waals surface area contributed by atoms with Gasteiger partial charge in [0, 0.05) is 26.2 Å². The third-order valence-corrected chi connectivity index (χ3v) is 7.05. The molecule has 0 atom stereocenters. The van der Waals surface area contributed by atoms with Gasteiger partial charge in [0.1, 0.15) is 4.88 Å². The summed E-state index contributed by atoms with van der Waals surface area (Å²) in [6.07, 6.45) is 0. The molecule has 0 bridgehead atoms. The molecule has 0 aliphatic carbocycles. The second kappa shape index (κ2) is 7.56. The number of hydrogen-bond donors (Lipinski definition) is 1. The molecule has 1 aromatic heterocycles. The molecule has 0 saturated carbocycles. The Labute approximate surface area is 155 Å². The smallest absolute Gasteiger partial charge is 0.345 e. The van der Waals surface area contributed by atoms with Crippen molar-refractivity contribution in [3.8, 4) is 0 Å². The summed E-state index contributed by atoms with van der Waals surface area (Å²) in [4.78, 5) is 25.4. The molecular formula is C17H18N2O5S2. The number of piperazine rings is 1. The van der Waals surface area contributed by atoms with Gasteiger partial charge in [0.25, 0.3) is 5.91 Å². The van der Waals surface area contributed by atoms with Crippen LogP contribution in [0.5, 0.6) is 0 Å². The lowest BCUT2D eigenvalue weighted by molar-refractivity contribution is 0.0696. The molecule has 138 valence electrons. The van der Waals surface area contributed by atoms with Crippen LogP contribution in [0.1, 0.15) is 24.9 Å². The van der Waals surface area contributed by atoms with E-state index in [1.165, 1.54) is 16.4 Å². The van der Waals surface area contributed by atoms with Gasteiger partial charge in [-0.3, -0.25) is 4.79 Å². The Morgan fingerprint density at radius 1 is 0.962 bits per heavy atom. The maximum atomic E-state index is 12.5. The average molecular weight is 394 g/mol. The van der Waals surface area contributed by atoms with E-state index in [1.54, 1.807) is 29.2 Å². The van der Waals surface area contributed by atoms with Crippen LogP contribution in [-0.4, -0.2) is 60.8 Å². The number of carboxylic acids is 1. The van der Waals surface area contributed by atoms with E-state index in [0.29, 0.717) is 4.88 Å². The van der Waals surface area contributed by atoms with Crippen molar-refractivity contribution in [1.82, 2.24) is 9.21 Å². The van der Waals surface area contributed by atoms with Crippen molar-refractivity contribution in [2.45, 2.75) is 5.75 Å². The third-order valence-electron chi connectivity index (χ3n) is 4.14. The molecule has 1 aliphatic rings. The first kappa shape index (κ1) is 18.6. The molecule has 9 heteroatoms. The van der Waals surface area contributed by atoms with Gasteiger partial charge in [-0.05, 0) is 17.7 Å².